The van der Waals surface area contributed by atoms with Gasteiger partial charge in [0.25, 0.3) is 0 Å². The van der Waals surface area contributed by atoms with Crippen LogP contribution in [0.25, 0.3) is 22.5 Å². The molecular weight excluding hydrogens is 352 g/mol. The lowest BCUT2D eigenvalue weighted by atomic mass is 10.0. The molecule has 3 aromatic carbocycles. The zero-order chi connectivity index (χ0) is 19.5. The monoisotopic (exact) mass is 374 g/mol. The largest absolute Gasteiger partial charge is 0.497 e. The predicted molar refractivity (Wildman–Crippen MR) is 112 cm³/mol. The summed E-state index contributed by atoms with van der Waals surface area (Å²) in [6, 6.07) is 17.3. The summed E-state index contributed by atoms with van der Waals surface area (Å²) >= 11 is 0. The SMILES string of the molecule is COc1ccc2c(c1)=C(NC(=O)Nc1cccc3ccc(OC)cc13)CCC=2. The van der Waals surface area contributed by atoms with Gasteiger partial charge in [-0.05, 0) is 53.8 Å². The second-order valence-electron chi connectivity index (χ2n) is 6.65. The Morgan fingerprint density at radius 3 is 2.54 bits per heavy atom. The predicted octanol–water partition coefficient (Wildman–Crippen LogP) is 3.36. The third kappa shape index (κ3) is 3.51. The number of carbonyl (C=O) groups excluding carboxylic acids is 1. The van der Waals surface area contributed by atoms with E-state index < -0.39 is 0 Å². The van der Waals surface area contributed by atoms with E-state index in [9.17, 15) is 4.79 Å². The first-order valence-corrected chi connectivity index (χ1v) is 9.20. The first-order valence-electron chi connectivity index (χ1n) is 9.20. The van der Waals surface area contributed by atoms with Crippen LogP contribution in [0.2, 0.25) is 0 Å². The van der Waals surface area contributed by atoms with Crippen molar-refractivity contribution in [2.45, 2.75) is 12.8 Å². The molecule has 0 atom stereocenters. The number of urea groups is 1. The van der Waals surface area contributed by atoms with Crippen LogP contribution >= 0.6 is 0 Å². The Kier molecular flexibility index (Phi) is 4.89. The number of ether oxygens (including phenoxy) is 2. The summed E-state index contributed by atoms with van der Waals surface area (Å²) in [5, 5.41) is 10.1. The van der Waals surface area contributed by atoms with Crippen molar-refractivity contribution in [2.24, 2.45) is 0 Å². The van der Waals surface area contributed by atoms with Crippen molar-refractivity contribution in [3.8, 4) is 11.5 Å². The van der Waals surface area contributed by atoms with Crippen LogP contribution in [0.1, 0.15) is 12.8 Å². The van der Waals surface area contributed by atoms with Crippen molar-refractivity contribution < 1.29 is 14.3 Å². The maximum Gasteiger partial charge on any atom is 0.323 e. The lowest BCUT2D eigenvalue weighted by Crippen LogP contribution is -2.38. The minimum atomic E-state index is -0.263. The molecular formula is C23H22N2O3. The number of rotatable bonds is 4. The second kappa shape index (κ2) is 7.64. The van der Waals surface area contributed by atoms with Crippen molar-refractivity contribution in [2.75, 3.05) is 19.5 Å². The van der Waals surface area contributed by atoms with Crippen LogP contribution < -0.4 is 30.5 Å². The number of anilines is 1. The minimum Gasteiger partial charge on any atom is -0.497 e. The molecule has 0 radical (unpaired) electrons. The Morgan fingerprint density at radius 2 is 1.71 bits per heavy atom. The lowest BCUT2D eigenvalue weighted by molar-refractivity contribution is 0.255. The quantitative estimate of drug-likeness (QED) is 0.736. The van der Waals surface area contributed by atoms with Crippen LogP contribution in [0.15, 0.2) is 54.6 Å². The van der Waals surface area contributed by atoms with Gasteiger partial charge in [-0.2, -0.15) is 0 Å². The topological polar surface area (TPSA) is 59.6 Å². The molecule has 1 aliphatic rings. The highest BCUT2D eigenvalue weighted by Crippen LogP contribution is 2.27. The van der Waals surface area contributed by atoms with Gasteiger partial charge in [0, 0.05) is 16.3 Å². The lowest BCUT2D eigenvalue weighted by Gasteiger charge is -2.15. The molecule has 142 valence electrons. The number of carbonyl (C=O) groups is 1. The van der Waals surface area contributed by atoms with Gasteiger partial charge in [0.1, 0.15) is 11.5 Å². The standard InChI is InChI=1S/C23H22N2O3/c1-27-17-11-9-15-5-3-7-21(19(15)13-17)24-23(26)25-22-8-4-6-16-10-12-18(28-2)14-20(16)22/h3,5-7,9-14H,4,8H2,1-2H3,(H2,24,25,26). The van der Waals surface area contributed by atoms with Gasteiger partial charge in [0.2, 0.25) is 0 Å². The van der Waals surface area contributed by atoms with Crippen molar-refractivity contribution >= 4 is 34.3 Å². The van der Waals surface area contributed by atoms with E-state index in [1.165, 1.54) is 0 Å². The third-order valence-electron chi connectivity index (χ3n) is 4.95. The van der Waals surface area contributed by atoms with E-state index in [1.54, 1.807) is 14.2 Å². The van der Waals surface area contributed by atoms with Crippen LogP contribution in [0, 0.1) is 0 Å². The summed E-state index contributed by atoms with van der Waals surface area (Å²) in [6.07, 6.45) is 3.84. The van der Waals surface area contributed by atoms with E-state index in [4.69, 9.17) is 9.47 Å². The van der Waals surface area contributed by atoms with Gasteiger partial charge in [0.05, 0.1) is 19.9 Å². The number of fused-ring (bicyclic) bond motifs is 2. The fraction of sp³-hybridized carbons (Fsp3) is 0.174. The molecule has 3 aromatic rings. The molecule has 4 rings (SSSR count). The summed E-state index contributed by atoms with van der Waals surface area (Å²) in [4.78, 5) is 12.7. The van der Waals surface area contributed by atoms with Gasteiger partial charge in [-0.15, -0.1) is 0 Å². The summed E-state index contributed by atoms with van der Waals surface area (Å²) in [5.41, 5.74) is 1.63. The highest BCUT2D eigenvalue weighted by atomic mass is 16.5. The summed E-state index contributed by atoms with van der Waals surface area (Å²) in [7, 11) is 3.27. The zero-order valence-electron chi connectivity index (χ0n) is 15.9. The second-order valence-corrected chi connectivity index (χ2v) is 6.65. The normalized spacial score (nSPS) is 12.7. The van der Waals surface area contributed by atoms with E-state index in [1.807, 2.05) is 54.6 Å². The van der Waals surface area contributed by atoms with Crippen LogP contribution in [-0.4, -0.2) is 20.3 Å². The number of amides is 2. The maximum atomic E-state index is 12.7. The van der Waals surface area contributed by atoms with Gasteiger partial charge >= 0.3 is 6.03 Å². The molecule has 5 nitrogen and oxygen atoms in total. The van der Waals surface area contributed by atoms with E-state index in [-0.39, 0.29) is 6.03 Å². The molecule has 1 aliphatic carbocycles. The number of nitrogens with one attached hydrogen (secondary N) is 2. The van der Waals surface area contributed by atoms with Crippen molar-refractivity contribution in [3.63, 3.8) is 0 Å². The first kappa shape index (κ1) is 17.9. The minimum absolute atomic E-state index is 0.263. The zero-order valence-corrected chi connectivity index (χ0v) is 15.9. The highest BCUT2D eigenvalue weighted by molar-refractivity contribution is 6.03. The highest BCUT2D eigenvalue weighted by Gasteiger charge is 2.11. The molecule has 0 aliphatic heterocycles. The average molecular weight is 374 g/mol. The smallest absolute Gasteiger partial charge is 0.323 e. The molecule has 0 saturated heterocycles. The number of benzene rings is 3. The molecule has 0 spiro atoms. The van der Waals surface area contributed by atoms with Gasteiger partial charge in [-0.3, -0.25) is 0 Å². The first-order chi connectivity index (χ1) is 13.7. The Labute approximate surface area is 163 Å². The fourth-order valence-electron chi connectivity index (χ4n) is 3.52. The van der Waals surface area contributed by atoms with Crippen LogP contribution in [0.4, 0.5) is 10.5 Å². The molecule has 2 amide bonds. The van der Waals surface area contributed by atoms with Crippen LogP contribution in [-0.2, 0) is 0 Å². The summed E-state index contributed by atoms with van der Waals surface area (Å²) in [6.45, 7) is 0. The Hall–Kier alpha value is -3.47. The van der Waals surface area contributed by atoms with E-state index in [0.29, 0.717) is 0 Å². The van der Waals surface area contributed by atoms with Gasteiger partial charge in [0.15, 0.2) is 0 Å². The molecule has 0 saturated carbocycles. The van der Waals surface area contributed by atoms with Crippen molar-refractivity contribution in [1.29, 1.82) is 0 Å². The number of methoxy groups -OCH3 is 2. The molecule has 28 heavy (non-hydrogen) atoms. The van der Waals surface area contributed by atoms with Gasteiger partial charge in [-0.1, -0.05) is 30.3 Å². The van der Waals surface area contributed by atoms with Gasteiger partial charge in [-0.25, -0.2) is 4.79 Å². The molecule has 5 heteroatoms. The maximum absolute atomic E-state index is 12.7. The fourth-order valence-corrected chi connectivity index (χ4v) is 3.52. The summed E-state index contributed by atoms with van der Waals surface area (Å²) < 4.78 is 10.6. The van der Waals surface area contributed by atoms with Crippen molar-refractivity contribution in [3.05, 3.63) is 65.0 Å². The van der Waals surface area contributed by atoms with E-state index in [0.717, 1.165) is 56.9 Å². The molecule has 0 aromatic heterocycles. The average Bonchev–Trinajstić information content (AvgIpc) is 2.73. The Balaban J connectivity index is 1.65. The molecule has 0 fully saturated rings. The molecule has 2 N–H and O–H groups in total. The third-order valence-corrected chi connectivity index (χ3v) is 4.95. The van der Waals surface area contributed by atoms with E-state index >= 15 is 0 Å². The number of hydrogen-bond acceptors (Lipinski definition) is 3. The van der Waals surface area contributed by atoms with E-state index in [2.05, 4.69) is 16.7 Å². The van der Waals surface area contributed by atoms with Crippen LogP contribution in [0.3, 0.4) is 0 Å². The molecule has 0 unspecified atom stereocenters. The summed E-state index contributed by atoms with van der Waals surface area (Å²) in [5.74, 6) is 1.52. The molecule has 0 bridgehead atoms. The molecule has 0 heterocycles. The van der Waals surface area contributed by atoms with Crippen molar-refractivity contribution in [1.82, 2.24) is 5.32 Å². The number of hydrogen-bond donors (Lipinski definition) is 2. The Bertz CT molecular complexity index is 1170. The van der Waals surface area contributed by atoms with Crippen LogP contribution in [0.5, 0.6) is 11.5 Å². The Morgan fingerprint density at radius 1 is 0.929 bits per heavy atom. The van der Waals surface area contributed by atoms with Gasteiger partial charge < -0.3 is 20.1 Å².